The molecule has 4 nitrogen and oxygen atoms in total. The van der Waals surface area contributed by atoms with Crippen molar-refractivity contribution in [2.24, 2.45) is 5.92 Å². The van der Waals surface area contributed by atoms with E-state index in [4.69, 9.17) is 0 Å². The van der Waals surface area contributed by atoms with Crippen LogP contribution in [0.3, 0.4) is 0 Å². The maximum absolute atomic E-state index is 11.4. The van der Waals surface area contributed by atoms with Crippen LogP contribution in [0.25, 0.3) is 0 Å². The highest BCUT2D eigenvalue weighted by Gasteiger charge is 2.26. The molecule has 0 unspecified atom stereocenters. The topological polar surface area (TPSA) is 44.4 Å². The highest BCUT2D eigenvalue weighted by molar-refractivity contribution is 5.76. The van der Waals surface area contributed by atoms with Gasteiger partial charge in [-0.15, -0.1) is 0 Å². The third-order valence-electron chi connectivity index (χ3n) is 2.77. The molecule has 0 aliphatic carbocycles. The Hall–Kier alpha value is -0.610. The van der Waals surface area contributed by atoms with Gasteiger partial charge in [-0.3, -0.25) is 4.79 Å². The highest BCUT2D eigenvalue weighted by atomic mass is 16.1. The third kappa shape index (κ3) is 2.19. The molecule has 2 aliphatic rings. The number of hydrogen-bond acceptors (Lipinski definition) is 3. The molecule has 0 aromatic carbocycles. The molecule has 0 aromatic heterocycles. The number of nitrogens with zero attached hydrogens (tertiary/aromatic N) is 1. The Morgan fingerprint density at radius 1 is 1.54 bits per heavy atom. The monoisotopic (exact) mass is 183 g/mol. The lowest BCUT2D eigenvalue weighted by molar-refractivity contribution is -0.124. The molecular formula is C9H17N3O. The maximum atomic E-state index is 11.4. The molecule has 0 saturated carbocycles. The zero-order valence-corrected chi connectivity index (χ0v) is 8.05. The molecule has 0 bridgehead atoms. The Morgan fingerprint density at radius 3 is 2.69 bits per heavy atom. The molecular weight excluding hydrogens is 166 g/mol. The van der Waals surface area contributed by atoms with E-state index in [0.29, 0.717) is 18.4 Å². The van der Waals surface area contributed by atoms with E-state index in [2.05, 4.69) is 22.6 Å². The minimum absolute atomic E-state index is 0.226. The zero-order chi connectivity index (χ0) is 9.26. The van der Waals surface area contributed by atoms with Gasteiger partial charge in [-0.25, -0.2) is 0 Å². The van der Waals surface area contributed by atoms with Crippen molar-refractivity contribution in [1.29, 1.82) is 0 Å². The van der Waals surface area contributed by atoms with Crippen LogP contribution in [0.1, 0.15) is 6.42 Å². The van der Waals surface area contributed by atoms with Gasteiger partial charge in [0.25, 0.3) is 0 Å². The first-order valence-corrected chi connectivity index (χ1v) is 4.92. The number of nitrogens with one attached hydrogen (secondary N) is 2. The largest absolute Gasteiger partial charge is 0.351 e. The van der Waals surface area contributed by atoms with Crippen LogP contribution in [-0.2, 0) is 4.79 Å². The number of likely N-dealkylation sites (tertiary alicyclic amines) is 1. The number of likely N-dealkylation sites (N-methyl/N-ethyl adjacent to an activating group) is 1. The molecule has 0 radical (unpaired) electrons. The van der Waals surface area contributed by atoms with Crippen LogP contribution < -0.4 is 10.6 Å². The van der Waals surface area contributed by atoms with Gasteiger partial charge in [0.05, 0.1) is 6.04 Å². The quantitative estimate of drug-likeness (QED) is 0.591. The lowest BCUT2D eigenvalue weighted by Crippen LogP contribution is -2.58. The maximum Gasteiger partial charge on any atom is 0.220 e. The van der Waals surface area contributed by atoms with Gasteiger partial charge < -0.3 is 15.5 Å². The van der Waals surface area contributed by atoms with Crippen LogP contribution >= 0.6 is 0 Å². The SMILES string of the molecule is CN1CC(NC(=O)CC2CNC2)C1. The standard InChI is InChI=1S/C9H17N3O/c1-12-5-8(6-12)11-9(13)2-7-3-10-4-7/h7-8,10H,2-6H2,1H3,(H,11,13). The van der Waals surface area contributed by atoms with Gasteiger partial charge in [-0.2, -0.15) is 0 Å². The second-order valence-electron chi connectivity index (χ2n) is 4.21. The van der Waals surface area contributed by atoms with Crippen molar-refractivity contribution in [1.82, 2.24) is 15.5 Å². The molecule has 0 spiro atoms. The molecule has 2 heterocycles. The Morgan fingerprint density at radius 2 is 2.23 bits per heavy atom. The van der Waals surface area contributed by atoms with Crippen LogP contribution in [0.2, 0.25) is 0 Å². The van der Waals surface area contributed by atoms with E-state index in [0.717, 1.165) is 26.2 Å². The average molecular weight is 183 g/mol. The second-order valence-corrected chi connectivity index (χ2v) is 4.21. The fourth-order valence-corrected chi connectivity index (χ4v) is 1.83. The van der Waals surface area contributed by atoms with Crippen LogP contribution in [0.5, 0.6) is 0 Å². The predicted molar refractivity (Wildman–Crippen MR) is 50.4 cm³/mol. The molecule has 74 valence electrons. The van der Waals surface area contributed by atoms with E-state index in [1.165, 1.54) is 0 Å². The van der Waals surface area contributed by atoms with Crippen molar-refractivity contribution < 1.29 is 4.79 Å². The summed E-state index contributed by atoms with van der Waals surface area (Å²) in [5, 5.41) is 6.20. The number of carbonyl (C=O) groups excluding carboxylic acids is 1. The van der Waals surface area contributed by atoms with Crippen molar-refractivity contribution in [2.45, 2.75) is 12.5 Å². The number of carbonyl (C=O) groups is 1. The Labute approximate surface area is 78.7 Å². The molecule has 2 fully saturated rings. The van der Waals surface area contributed by atoms with E-state index in [9.17, 15) is 4.79 Å². The summed E-state index contributed by atoms with van der Waals surface area (Å²) in [4.78, 5) is 13.6. The summed E-state index contributed by atoms with van der Waals surface area (Å²) >= 11 is 0. The molecule has 2 saturated heterocycles. The normalized spacial score (nSPS) is 25.0. The van der Waals surface area contributed by atoms with Crippen molar-refractivity contribution >= 4 is 5.91 Å². The van der Waals surface area contributed by atoms with Gasteiger partial charge in [-0.1, -0.05) is 0 Å². The molecule has 0 aromatic rings. The lowest BCUT2D eigenvalue weighted by Gasteiger charge is -2.37. The molecule has 4 heteroatoms. The molecule has 2 N–H and O–H groups in total. The minimum atomic E-state index is 0.226. The lowest BCUT2D eigenvalue weighted by atomic mass is 9.98. The van der Waals surface area contributed by atoms with Crippen molar-refractivity contribution in [3.8, 4) is 0 Å². The van der Waals surface area contributed by atoms with E-state index in [1.54, 1.807) is 0 Å². The summed E-state index contributed by atoms with van der Waals surface area (Å²) in [5.41, 5.74) is 0. The first kappa shape index (κ1) is 8.97. The van der Waals surface area contributed by atoms with Gasteiger partial charge in [0.2, 0.25) is 5.91 Å². The van der Waals surface area contributed by atoms with Crippen LogP contribution in [0.15, 0.2) is 0 Å². The van der Waals surface area contributed by atoms with Crippen molar-refractivity contribution in [2.75, 3.05) is 33.2 Å². The van der Waals surface area contributed by atoms with Gasteiger partial charge in [0.1, 0.15) is 0 Å². The number of amides is 1. The Balaban J connectivity index is 1.61. The third-order valence-corrected chi connectivity index (χ3v) is 2.77. The first-order valence-electron chi connectivity index (χ1n) is 4.92. The Bertz CT molecular complexity index is 197. The fraction of sp³-hybridized carbons (Fsp3) is 0.889. The van der Waals surface area contributed by atoms with E-state index in [-0.39, 0.29) is 5.91 Å². The zero-order valence-electron chi connectivity index (χ0n) is 8.05. The minimum Gasteiger partial charge on any atom is -0.351 e. The average Bonchev–Trinajstić information content (AvgIpc) is 1.94. The molecule has 2 aliphatic heterocycles. The van der Waals surface area contributed by atoms with E-state index in [1.807, 2.05) is 0 Å². The smallest absolute Gasteiger partial charge is 0.220 e. The first-order chi connectivity index (χ1) is 6.24. The van der Waals surface area contributed by atoms with E-state index >= 15 is 0 Å². The summed E-state index contributed by atoms with van der Waals surface area (Å²) < 4.78 is 0. The van der Waals surface area contributed by atoms with Crippen molar-refractivity contribution in [3.63, 3.8) is 0 Å². The van der Waals surface area contributed by atoms with Gasteiger partial charge in [-0.05, 0) is 26.1 Å². The van der Waals surface area contributed by atoms with Crippen molar-refractivity contribution in [3.05, 3.63) is 0 Å². The summed E-state index contributed by atoms with van der Waals surface area (Å²) in [6.45, 7) is 4.04. The fourth-order valence-electron chi connectivity index (χ4n) is 1.83. The molecule has 13 heavy (non-hydrogen) atoms. The van der Waals surface area contributed by atoms with Crippen LogP contribution in [0, 0.1) is 5.92 Å². The molecule has 0 atom stereocenters. The van der Waals surface area contributed by atoms with Crippen LogP contribution in [-0.4, -0.2) is 50.1 Å². The predicted octanol–water partition coefficient (Wildman–Crippen LogP) is -0.974. The van der Waals surface area contributed by atoms with Gasteiger partial charge >= 0.3 is 0 Å². The van der Waals surface area contributed by atoms with E-state index < -0.39 is 0 Å². The highest BCUT2D eigenvalue weighted by Crippen LogP contribution is 2.09. The summed E-state index contributed by atoms with van der Waals surface area (Å²) in [6.07, 6.45) is 0.702. The molecule has 2 rings (SSSR count). The van der Waals surface area contributed by atoms with Crippen LogP contribution in [0.4, 0.5) is 0 Å². The number of hydrogen-bond donors (Lipinski definition) is 2. The second kappa shape index (κ2) is 3.64. The summed E-state index contributed by atoms with van der Waals surface area (Å²) in [5.74, 6) is 0.808. The number of rotatable bonds is 3. The Kier molecular flexibility index (Phi) is 2.51. The van der Waals surface area contributed by atoms with Gasteiger partial charge in [0.15, 0.2) is 0 Å². The summed E-state index contributed by atoms with van der Waals surface area (Å²) in [6, 6.07) is 0.408. The van der Waals surface area contributed by atoms with Gasteiger partial charge in [0, 0.05) is 19.5 Å². The molecule has 1 amide bonds. The summed E-state index contributed by atoms with van der Waals surface area (Å²) in [7, 11) is 2.07.